The van der Waals surface area contributed by atoms with E-state index in [1.54, 1.807) is 12.1 Å². The molecule has 164 valence electrons. The number of hydrogen-bond acceptors (Lipinski definition) is 3. The van der Waals surface area contributed by atoms with Gasteiger partial charge in [-0.25, -0.2) is 0 Å². The molecule has 5 nitrogen and oxygen atoms in total. The summed E-state index contributed by atoms with van der Waals surface area (Å²) in [5, 5.41) is 3.77. The van der Waals surface area contributed by atoms with Crippen molar-refractivity contribution in [2.45, 2.75) is 50.4 Å². The highest BCUT2D eigenvalue weighted by Gasteiger charge is 2.41. The fourth-order valence-corrected chi connectivity index (χ4v) is 4.79. The highest BCUT2D eigenvalue weighted by Crippen LogP contribution is 2.41. The Morgan fingerprint density at radius 3 is 2.19 bits per heavy atom. The summed E-state index contributed by atoms with van der Waals surface area (Å²) in [5.74, 6) is 0.667. The molecular formula is C25H29ClN2O3. The van der Waals surface area contributed by atoms with Crippen molar-refractivity contribution in [3.8, 4) is 5.75 Å². The van der Waals surface area contributed by atoms with Crippen molar-refractivity contribution in [2.24, 2.45) is 0 Å². The Hall–Kier alpha value is -2.53. The molecule has 0 radical (unpaired) electrons. The molecular weight excluding hydrogens is 412 g/mol. The molecule has 2 fully saturated rings. The number of carbonyl (C=O) groups excluding carboxylic acids is 2. The zero-order valence-corrected chi connectivity index (χ0v) is 18.5. The summed E-state index contributed by atoms with van der Waals surface area (Å²) in [6.07, 6.45) is 7.03. The molecule has 2 aliphatic rings. The minimum absolute atomic E-state index is 0.0207. The van der Waals surface area contributed by atoms with Gasteiger partial charge in [-0.05, 0) is 67.6 Å². The van der Waals surface area contributed by atoms with E-state index in [9.17, 15) is 9.59 Å². The molecule has 1 saturated heterocycles. The summed E-state index contributed by atoms with van der Waals surface area (Å²) in [7, 11) is 0. The largest absolute Gasteiger partial charge is 0.484 e. The summed E-state index contributed by atoms with van der Waals surface area (Å²) in [6, 6.07) is 14.9. The summed E-state index contributed by atoms with van der Waals surface area (Å²) in [6.45, 7) is 1.69. The van der Waals surface area contributed by atoms with E-state index in [-0.39, 0.29) is 18.4 Å². The average Bonchev–Trinajstić information content (AvgIpc) is 3.34. The second-order valence-electron chi connectivity index (χ2n) is 8.50. The number of nitrogens with one attached hydrogen (secondary N) is 1. The zero-order valence-electron chi connectivity index (χ0n) is 17.7. The van der Waals surface area contributed by atoms with Gasteiger partial charge in [-0.3, -0.25) is 9.59 Å². The molecule has 0 aromatic heterocycles. The van der Waals surface area contributed by atoms with Gasteiger partial charge in [0.05, 0.1) is 5.41 Å². The van der Waals surface area contributed by atoms with E-state index >= 15 is 0 Å². The molecule has 0 atom stereocenters. The lowest BCUT2D eigenvalue weighted by atomic mass is 9.68. The van der Waals surface area contributed by atoms with Gasteiger partial charge in [-0.1, -0.05) is 43.0 Å². The lowest BCUT2D eigenvalue weighted by Crippen LogP contribution is -2.42. The van der Waals surface area contributed by atoms with E-state index in [0.29, 0.717) is 10.8 Å². The van der Waals surface area contributed by atoms with Gasteiger partial charge in [0.15, 0.2) is 6.61 Å². The van der Waals surface area contributed by atoms with Crippen LogP contribution in [-0.4, -0.2) is 36.4 Å². The predicted molar refractivity (Wildman–Crippen MR) is 123 cm³/mol. The number of ether oxygens (including phenoxy) is 1. The first-order valence-electron chi connectivity index (χ1n) is 11.1. The molecule has 2 aromatic carbocycles. The van der Waals surface area contributed by atoms with Crippen molar-refractivity contribution in [3.63, 3.8) is 0 Å². The SMILES string of the molecule is O=C(COc1ccc(NC(=O)C2(c3ccc(Cl)cc3)CCCCC2)cc1)N1CCCC1. The molecule has 2 amide bonds. The standard InChI is InChI=1S/C25H29ClN2O3/c26-20-8-6-19(7-9-20)25(14-2-1-3-15-25)24(30)27-21-10-12-22(13-11-21)31-18-23(29)28-16-4-5-17-28/h6-13H,1-5,14-18H2,(H,27,30). The smallest absolute Gasteiger partial charge is 0.260 e. The molecule has 0 spiro atoms. The summed E-state index contributed by atoms with van der Waals surface area (Å²) < 4.78 is 5.64. The van der Waals surface area contributed by atoms with Crippen LogP contribution in [0.2, 0.25) is 5.02 Å². The monoisotopic (exact) mass is 440 g/mol. The lowest BCUT2D eigenvalue weighted by molar-refractivity contribution is -0.132. The van der Waals surface area contributed by atoms with Crippen LogP contribution < -0.4 is 10.1 Å². The molecule has 0 bridgehead atoms. The maximum Gasteiger partial charge on any atom is 0.260 e. The van der Waals surface area contributed by atoms with Crippen LogP contribution in [0.3, 0.4) is 0 Å². The molecule has 31 heavy (non-hydrogen) atoms. The van der Waals surface area contributed by atoms with Crippen LogP contribution >= 0.6 is 11.6 Å². The fraction of sp³-hybridized carbons (Fsp3) is 0.440. The number of likely N-dealkylation sites (tertiary alicyclic amines) is 1. The van der Waals surface area contributed by atoms with Crippen LogP contribution in [0.1, 0.15) is 50.5 Å². The molecule has 0 unspecified atom stereocenters. The van der Waals surface area contributed by atoms with E-state index in [4.69, 9.17) is 16.3 Å². The first-order chi connectivity index (χ1) is 15.1. The van der Waals surface area contributed by atoms with Gasteiger partial charge < -0.3 is 15.0 Å². The van der Waals surface area contributed by atoms with Crippen LogP contribution in [0.4, 0.5) is 5.69 Å². The minimum Gasteiger partial charge on any atom is -0.484 e. The maximum absolute atomic E-state index is 13.4. The number of halogens is 1. The Bertz CT molecular complexity index is 899. The molecule has 1 aliphatic carbocycles. The van der Waals surface area contributed by atoms with Gasteiger partial charge in [0, 0.05) is 23.8 Å². The number of rotatable bonds is 6. The van der Waals surface area contributed by atoms with Crippen LogP contribution in [-0.2, 0) is 15.0 Å². The first-order valence-corrected chi connectivity index (χ1v) is 11.5. The highest BCUT2D eigenvalue weighted by molar-refractivity contribution is 6.30. The van der Waals surface area contributed by atoms with Gasteiger partial charge in [0.1, 0.15) is 5.75 Å². The van der Waals surface area contributed by atoms with Crippen LogP contribution in [0, 0.1) is 0 Å². The van der Waals surface area contributed by atoms with Crippen molar-refractivity contribution in [1.29, 1.82) is 0 Å². The number of carbonyl (C=O) groups is 2. The van der Waals surface area contributed by atoms with Crippen LogP contribution in [0.25, 0.3) is 0 Å². The third-order valence-electron chi connectivity index (χ3n) is 6.47. The molecule has 1 aliphatic heterocycles. The average molecular weight is 441 g/mol. The number of benzene rings is 2. The number of nitrogens with zero attached hydrogens (tertiary/aromatic N) is 1. The lowest BCUT2D eigenvalue weighted by Gasteiger charge is -2.36. The topological polar surface area (TPSA) is 58.6 Å². The Morgan fingerprint density at radius 1 is 0.903 bits per heavy atom. The normalized spacial score (nSPS) is 17.9. The molecule has 1 saturated carbocycles. The number of amides is 2. The van der Waals surface area contributed by atoms with E-state index < -0.39 is 5.41 Å². The number of anilines is 1. The van der Waals surface area contributed by atoms with E-state index in [1.165, 1.54) is 0 Å². The quantitative estimate of drug-likeness (QED) is 0.673. The van der Waals surface area contributed by atoms with Crippen molar-refractivity contribution >= 4 is 29.1 Å². The van der Waals surface area contributed by atoms with Gasteiger partial charge in [0.25, 0.3) is 5.91 Å². The molecule has 1 heterocycles. The number of hydrogen-bond donors (Lipinski definition) is 1. The molecule has 4 rings (SSSR count). The highest BCUT2D eigenvalue weighted by atomic mass is 35.5. The summed E-state index contributed by atoms with van der Waals surface area (Å²) >= 11 is 6.07. The third kappa shape index (κ3) is 5.04. The van der Waals surface area contributed by atoms with Gasteiger partial charge >= 0.3 is 0 Å². The van der Waals surface area contributed by atoms with Crippen molar-refractivity contribution in [1.82, 2.24) is 4.90 Å². The van der Waals surface area contributed by atoms with Crippen molar-refractivity contribution < 1.29 is 14.3 Å². The second kappa shape index (κ2) is 9.73. The Morgan fingerprint density at radius 2 is 1.55 bits per heavy atom. The minimum atomic E-state index is -0.528. The van der Waals surface area contributed by atoms with E-state index in [0.717, 1.165) is 69.3 Å². The van der Waals surface area contributed by atoms with Gasteiger partial charge in [0.2, 0.25) is 5.91 Å². The molecule has 1 N–H and O–H groups in total. The van der Waals surface area contributed by atoms with Gasteiger partial charge in [-0.2, -0.15) is 0 Å². The summed E-state index contributed by atoms with van der Waals surface area (Å²) in [4.78, 5) is 27.4. The van der Waals surface area contributed by atoms with Crippen molar-refractivity contribution in [3.05, 3.63) is 59.1 Å². The Labute approximate surface area is 188 Å². The van der Waals surface area contributed by atoms with E-state index in [2.05, 4.69) is 5.32 Å². The summed E-state index contributed by atoms with van der Waals surface area (Å²) in [5.41, 5.74) is 1.22. The zero-order chi connectivity index (χ0) is 21.7. The molecule has 6 heteroatoms. The second-order valence-corrected chi connectivity index (χ2v) is 8.94. The third-order valence-corrected chi connectivity index (χ3v) is 6.72. The molecule has 2 aromatic rings. The van der Waals surface area contributed by atoms with Crippen molar-refractivity contribution in [2.75, 3.05) is 25.0 Å². The first kappa shape index (κ1) is 21.7. The van der Waals surface area contributed by atoms with E-state index in [1.807, 2.05) is 41.3 Å². The Kier molecular flexibility index (Phi) is 6.81. The van der Waals surface area contributed by atoms with Crippen LogP contribution in [0.5, 0.6) is 5.75 Å². The van der Waals surface area contributed by atoms with Crippen LogP contribution in [0.15, 0.2) is 48.5 Å². The Balaban J connectivity index is 1.40. The predicted octanol–water partition coefficient (Wildman–Crippen LogP) is 5.18. The fourth-order valence-electron chi connectivity index (χ4n) is 4.66. The van der Waals surface area contributed by atoms with Gasteiger partial charge in [-0.15, -0.1) is 0 Å². The maximum atomic E-state index is 13.4.